The van der Waals surface area contributed by atoms with Crippen molar-refractivity contribution in [3.63, 3.8) is 0 Å². The number of imidazole rings is 1. The number of carbonyl (C=O) groups excluding carboxylic acids is 1. The third-order valence-electron chi connectivity index (χ3n) is 7.30. The highest BCUT2D eigenvalue weighted by atomic mass is 16.2. The predicted molar refractivity (Wildman–Crippen MR) is 116 cm³/mol. The topological polar surface area (TPSA) is 44.6 Å². The Morgan fingerprint density at radius 1 is 1.07 bits per heavy atom. The fourth-order valence-corrected chi connectivity index (χ4v) is 5.59. The molecule has 3 fully saturated rings. The molecular formula is C23H39N5O. The van der Waals surface area contributed by atoms with Gasteiger partial charge in [0.15, 0.2) is 5.82 Å². The molecule has 3 heterocycles. The third-order valence-corrected chi connectivity index (χ3v) is 7.30. The first-order chi connectivity index (χ1) is 14.2. The van der Waals surface area contributed by atoms with Crippen LogP contribution in [-0.2, 0) is 7.05 Å². The number of hydrogen-bond donors (Lipinski definition) is 0. The molecule has 6 nitrogen and oxygen atoms in total. The van der Waals surface area contributed by atoms with E-state index in [1.54, 1.807) is 6.20 Å². The highest BCUT2D eigenvalue weighted by Gasteiger charge is 2.30. The summed E-state index contributed by atoms with van der Waals surface area (Å²) in [5.41, 5.74) is 0. The first-order valence-corrected chi connectivity index (χ1v) is 11.9. The molecule has 1 atom stereocenters. The smallest absolute Gasteiger partial charge is 0.289 e. The molecule has 0 unspecified atom stereocenters. The number of amides is 1. The second-order valence-corrected chi connectivity index (χ2v) is 9.46. The summed E-state index contributed by atoms with van der Waals surface area (Å²) in [5.74, 6) is 1.27. The van der Waals surface area contributed by atoms with E-state index in [2.05, 4.69) is 19.7 Å². The zero-order valence-electron chi connectivity index (χ0n) is 18.3. The highest BCUT2D eigenvalue weighted by Crippen LogP contribution is 2.28. The van der Waals surface area contributed by atoms with Crippen LogP contribution in [0, 0.1) is 5.92 Å². The summed E-state index contributed by atoms with van der Waals surface area (Å²) in [6, 6.07) is 0.796. The maximum Gasteiger partial charge on any atom is 0.289 e. The van der Waals surface area contributed by atoms with Gasteiger partial charge in [-0.2, -0.15) is 0 Å². The minimum Gasteiger partial charge on any atom is -0.334 e. The average Bonchev–Trinajstić information content (AvgIpc) is 3.43. The number of aromatic nitrogens is 2. The van der Waals surface area contributed by atoms with Crippen LogP contribution in [0.5, 0.6) is 0 Å². The SMILES string of the molecule is Cn1ccnc1C(=O)N(CCN1CCCCC1)C[C@@H]1CCCN(C2CCCC2)C1. The standard InChI is InChI=1S/C23H39N5O/c1-25-15-11-24-22(25)23(29)28(17-16-26-12-5-2-6-13-26)19-20-8-7-14-27(18-20)21-9-3-4-10-21/h11,15,20-21H,2-10,12-14,16-19H2,1H3/t20-/m1/s1. The second-order valence-electron chi connectivity index (χ2n) is 9.46. The van der Waals surface area contributed by atoms with E-state index in [0.717, 1.165) is 25.7 Å². The molecular weight excluding hydrogens is 362 g/mol. The Bertz CT molecular complexity index is 647. The number of carbonyl (C=O) groups is 1. The number of aryl methyl sites for hydroxylation is 1. The molecule has 1 saturated carbocycles. The quantitative estimate of drug-likeness (QED) is 0.705. The first kappa shape index (κ1) is 20.9. The fourth-order valence-electron chi connectivity index (χ4n) is 5.59. The van der Waals surface area contributed by atoms with E-state index < -0.39 is 0 Å². The van der Waals surface area contributed by atoms with Gasteiger partial charge in [0.2, 0.25) is 0 Å². The van der Waals surface area contributed by atoms with E-state index >= 15 is 0 Å². The molecule has 29 heavy (non-hydrogen) atoms. The molecule has 2 saturated heterocycles. The summed E-state index contributed by atoms with van der Waals surface area (Å²) in [7, 11) is 1.92. The number of likely N-dealkylation sites (tertiary alicyclic amines) is 2. The van der Waals surface area contributed by atoms with E-state index in [0.29, 0.717) is 11.7 Å². The van der Waals surface area contributed by atoms with Crippen LogP contribution in [0.1, 0.15) is 68.4 Å². The van der Waals surface area contributed by atoms with Crippen LogP contribution < -0.4 is 0 Å². The lowest BCUT2D eigenvalue weighted by Gasteiger charge is -2.39. The van der Waals surface area contributed by atoms with E-state index in [1.807, 2.05) is 17.8 Å². The van der Waals surface area contributed by atoms with Crippen LogP contribution in [-0.4, -0.2) is 82.0 Å². The molecule has 2 aliphatic heterocycles. The Morgan fingerprint density at radius 2 is 1.86 bits per heavy atom. The van der Waals surface area contributed by atoms with Crippen LogP contribution in [0.2, 0.25) is 0 Å². The van der Waals surface area contributed by atoms with E-state index in [1.165, 1.54) is 84.0 Å². The lowest BCUT2D eigenvalue weighted by atomic mass is 9.95. The molecule has 1 aromatic rings. The van der Waals surface area contributed by atoms with Crippen LogP contribution in [0.25, 0.3) is 0 Å². The van der Waals surface area contributed by atoms with Crippen LogP contribution >= 0.6 is 0 Å². The van der Waals surface area contributed by atoms with Gasteiger partial charge >= 0.3 is 0 Å². The largest absolute Gasteiger partial charge is 0.334 e. The number of hydrogen-bond acceptors (Lipinski definition) is 4. The summed E-state index contributed by atoms with van der Waals surface area (Å²) in [6.45, 7) is 7.48. The fraction of sp³-hybridized carbons (Fsp3) is 0.826. The minimum absolute atomic E-state index is 0.104. The third kappa shape index (κ3) is 5.40. The number of nitrogens with zero attached hydrogens (tertiary/aromatic N) is 5. The van der Waals surface area contributed by atoms with Gasteiger partial charge in [-0.15, -0.1) is 0 Å². The van der Waals surface area contributed by atoms with Gasteiger partial charge in [-0.1, -0.05) is 19.3 Å². The van der Waals surface area contributed by atoms with Crippen LogP contribution in [0.4, 0.5) is 0 Å². The predicted octanol–water partition coefficient (Wildman–Crippen LogP) is 3.00. The molecule has 0 spiro atoms. The minimum atomic E-state index is 0.104. The van der Waals surface area contributed by atoms with Gasteiger partial charge in [-0.3, -0.25) is 4.79 Å². The zero-order valence-corrected chi connectivity index (χ0v) is 18.3. The molecule has 1 aliphatic carbocycles. The normalized spacial score (nSPS) is 24.8. The molecule has 4 rings (SSSR count). The molecule has 1 aromatic heterocycles. The summed E-state index contributed by atoms with van der Waals surface area (Å²) < 4.78 is 1.86. The summed E-state index contributed by atoms with van der Waals surface area (Å²) >= 11 is 0. The van der Waals surface area contributed by atoms with E-state index in [9.17, 15) is 4.79 Å². The monoisotopic (exact) mass is 401 g/mol. The van der Waals surface area contributed by atoms with Crippen molar-refractivity contribution in [3.05, 3.63) is 18.2 Å². The Morgan fingerprint density at radius 3 is 2.59 bits per heavy atom. The van der Waals surface area contributed by atoms with Crippen molar-refractivity contribution in [2.24, 2.45) is 13.0 Å². The summed E-state index contributed by atoms with van der Waals surface area (Å²) in [4.78, 5) is 25.0. The van der Waals surface area contributed by atoms with Crippen molar-refractivity contribution in [1.82, 2.24) is 24.3 Å². The zero-order chi connectivity index (χ0) is 20.1. The van der Waals surface area contributed by atoms with Crippen molar-refractivity contribution in [2.45, 2.75) is 63.8 Å². The maximum absolute atomic E-state index is 13.3. The molecule has 162 valence electrons. The molecule has 1 amide bonds. The molecule has 6 heteroatoms. The van der Waals surface area contributed by atoms with Gasteiger partial charge in [-0.25, -0.2) is 4.98 Å². The van der Waals surface area contributed by atoms with Crippen molar-refractivity contribution < 1.29 is 4.79 Å². The second kappa shape index (κ2) is 10.1. The van der Waals surface area contributed by atoms with E-state index in [-0.39, 0.29) is 5.91 Å². The van der Waals surface area contributed by atoms with Gasteiger partial charge in [0.1, 0.15) is 0 Å². The summed E-state index contributed by atoms with van der Waals surface area (Å²) in [6.07, 6.45) is 15.6. The molecule has 0 aromatic carbocycles. The Kier molecular flexibility index (Phi) is 7.24. The van der Waals surface area contributed by atoms with Crippen molar-refractivity contribution in [2.75, 3.05) is 45.8 Å². The Hall–Kier alpha value is -1.40. The van der Waals surface area contributed by atoms with Crippen molar-refractivity contribution in [1.29, 1.82) is 0 Å². The summed E-state index contributed by atoms with van der Waals surface area (Å²) in [5, 5.41) is 0. The van der Waals surface area contributed by atoms with E-state index in [4.69, 9.17) is 0 Å². The Labute approximate surface area is 176 Å². The van der Waals surface area contributed by atoms with Crippen molar-refractivity contribution >= 4 is 5.91 Å². The van der Waals surface area contributed by atoms with Gasteiger partial charge in [0.05, 0.1) is 0 Å². The van der Waals surface area contributed by atoms with Crippen LogP contribution in [0.15, 0.2) is 12.4 Å². The Balaban J connectivity index is 1.39. The highest BCUT2D eigenvalue weighted by molar-refractivity contribution is 5.90. The maximum atomic E-state index is 13.3. The number of piperidine rings is 2. The van der Waals surface area contributed by atoms with Gasteiger partial charge in [0, 0.05) is 51.7 Å². The molecule has 0 bridgehead atoms. The first-order valence-electron chi connectivity index (χ1n) is 11.9. The lowest BCUT2D eigenvalue weighted by molar-refractivity contribution is 0.0596. The lowest BCUT2D eigenvalue weighted by Crippen LogP contribution is -2.48. The number of rotatable bonds is 7. The molecule has 0 radical (unpaired) electrons. The van der Waals surface area contributed by atoms with Gasteiger partial charge in [0.25, 0.3) is 5.91 Å². The van der Waals surface area contributed by atoms with Crippen molar-refractivity contribution in [3.8, 4) is 0 Å². The average molecular weight is 402 g/mol. The van der Waals surface area contributed by atoms with Gasteiger partial charge < -0.3 is 19.3 Å². The van der Waals surface area contributed by atoms with Crippen LogP contribution in [0.3, 0.4) is 0 Å². The molecule has 3 aliphatic rings. The van der Waals surface area contributed by atoms with Gasteiger partial charge in [-0.05, 0) is 64.1 Å². The molecule has 0 N–H and O–H groups in total.